The van der Waals surface area contributed by atoms with Crippen molar-refractivity contribution in [2.24, 2.45) is 0 Å². The number of carbonyl (C=O) groups is 1. The van der Waals surface area contributed by atoms with E-state index in [1.165, 1.54) is 0 Å². The van der Waals surface area contributed by atoms with Crippen molar-refractivity contribution in [3.63, 3.8) is 0 Å². The fraction of sp³-hybridized carbons (Fsp3) is 0.0588. The lowest BCUT2D eigenvalue weighted by Gasteiger charge is -2.04. The van der Waals surface area contributed by atoms with Gasteiger partial charge >= 0.3 is 0 Å². The van der Waals surface area contributed by atoms with Crippen LogP contribution in [0.25, 0.3) is 10.9 Å². The number of aryl methyl sites for hydroxylation is 1. The zero-order valence-corrected chi connectivity index (χ0v) is 12.5. The first-order valence-corrected chi connectivity index (χ1v) is 7.10. The Morgan fingerprint density at radius 2 is 1.65 bits per heavy atom. The van der Waals surface area contributed by atoms with E-state index in [4.69, 9.17) is 0 Å². The molecule has 0 atom stereocenters. The second kappa shape index (κ2) is 5.17. The van der Waals surface area contributed by atoms with Crippen molar-refractivity contribution < 1.29 is 4.79 Å². The topological polar surface area (TPSA) is 30.0 Å². The summed E-state index contributed by atoms with van der Waals surface area (Å²) in [7, 11) is 0. The highest BCUT2D eigenvalue weighted by atomic mass is 79.9. The highest BCUT2D eigenvalue weighted by Crippen LogP contribution is 2.18. The van der Waals surface area contributed by atoms with Gasteiger partial charge in [0.05, 0.1) is 5.52 Å². The molecule has 0 aliphatic carbocycles. The van der Waals surface area contributed by atoms with E-state index in [0.29, 0.717) is 11.1 Å². The van der Waals surface area contributed by atoms with Gasteiger partial charge in [-0.2, -0.15) is 0 Å². The molecule has 3 aromatic rings. The number of pyridine rings is 1. The number of rotatable bonds is 2. The van der Waals surface area contributed by atoms with Crippen LogP contribution in [-0.4, -0.2) is 10.8 Å². The molecule has 0 bridgehead atoms. The van der Waals surface area contributed by atoms with Gasteiger partial charge in [-0.25, -0.2) is 0 Å². The molecule has 20 heavy (non-hydrogen) atoms. The summed E-state index contributed by atoms with van der Waals surface area (Å²) in [4.78, 5) is 16.9. The molecule has 98 valence electrons. The van der Waals surface area contributed by atoms with Crippen LogP contribution in [0.5, 0.6) is 0 Å². The van der Waals surface area contributed by atoms with Crippen molar-refractivity contribution in [2.45, 2.75) is 6.92 Å². The van der Waals surface area contributed by atoms with Crippen molar-refractivity contribution in [2.75, 3.05) is 0 Å². The minimum atomic E-state index is 0.0278. The van der Waals surface area contributed by atoms with Crippen LogP contribution in [-0.2, 0) is 0 Å². The van der Waals surface area contributed by atoms with Crippen LogP contribution < -0.4 is 0 Å². The summed E-state index contributed by atoms with van der Waals surface area (Å²) in [6.45, 7) is 1.96. The van der Waals surface area contributed by atoms with Crippen molar-refractivity contribution in [1.29, 1.82) is 0 Å². The van der Waals surface area contributed by atoms with Gasteiger partial charge < -0.3 is 0 Å². The molecule has 0 fully saturated rings. The van der Waals surface area contributed by atoms with Gasteiger partial charge in [0.15, 0.2) is 5.78 Å². The first kappa shape index (κ1) is 13.0. The maximum atomic E-state index is 12.4. The third kappa shape index (κ3) is 2.49. The minimum absolute atomic E-state index is 0.0278. The van der Waals surface area contributed by atoms with E-state index in [2.05, 4.69) is 20.9 Å². The van der Waals surface area contributed by atoms with Gasteiger partial charge in [0.2, 0.25) is 0 Å². The number of ketones is 1. The lowest BCUT2D eigenvalue weighted by atomic mass is 10.0. The average molecular weight is 326 g/mol. The van der Waals surface area contributed by atoms with Gasteiger partial charge in [0.1, 0.15) is 0 Å². The standard InChI is InChI=1S/C17H12BrNO/c1-11-2-3-13-10-14(6-9-16(13)19-11)17(20)12-4-7-15(18)8-5-12/h2-10H,1H3. The van der Waals surface area contributed by atoms with Gasteiger partial charge in [-0.05, 0) is 55.5 Å². The minimum Gasteiger partial charge on any atom is -0.289 e. The molecule has 0 radical (unpaired) electrons. The molecule has 0 unspecified atom stereocenters. The number of halogens is 1. The highest BCUT2D eigenvalue weighted by molar-refractivity contribution is 9.10. The van der Waals surface area contributed by atoms with Crippen molar-refractivity contribution in [3.05, 3.63) is 75.9 Å². The van der Waals surface area contributed by atoms with Crippen LogP contribution >= 0.6 is 15.9 Å². The van der Waals surface area contributed by atoms with Crippen LogP contribution in [0.2, 0.25) is 0 Å². The summed E-state index contributed by atoms with van der Waals surface area (Å²) in [6, 6.07) is 17.0. The monoisotopic (exact) mass is 325 g/mol. The maximum absolute atomic E-state index is 12.4. The summed E-state index contributed by atoms with van der Waals surface area (Å²) in [5.74, 6) is 0.0278. The third-order valence-electron chi connectivity index (χ3n) is 3.20. The normalized spacial score (nSPS) is 10.7. The summed E-state index contributed by atoms with van der Waals surface area (Å²) < 4.78 is 0.965. The molecular formula is C17H12BrNO. The molecule has 0 aliphatic heterocycles. The Labute approximate surface area is 125 Å². The number of aromatic nitrogens is 1. The SMILES string of the molecule is Cc1ccc2cc(C(=O)c3ccc(Br)cc3)ccc2n1. The van der Waals surface area contributed by atoms with Crippen LogP contribution in [0.1, 0.15) is 21.6 Å². The average Bonchev–Trinajstić information content (AvgIpc) is 2.47. The number of nitrogens with zero attached hydrogens (tertiary/aromatic N) is 1. The van der Waals surface area contributed by atoms with E-state index in [9.17, 15) is 4.79 Å². The van der Waals surface area contributed by atoms with Gasteiger partial charge in [-0.15, -0.1) is 0 Å². The Kier molecular flexibility index (Phi) is 3.36. The molecule has 0 N–H and O–H groups in total. The lowest BCUT2D eigenvalue weighted by Crippen LogP contribution is -2.01. The van der Waals surface area contributed by atoms with Crippen LogP contribution in [0.3, 0.4) is 0 Å². The summed E-state index contributed by atoms with van der Waals surface area (Å²) in [5, 5.41) is 0.985. The number of benzene rings is 2. The van der Waals surface area contributed by atoms with Gasteiger partial charge in [0, 0.05) is 26.7 Å². The van der Waals surface area contributed by atoms with E-state index in [-0.39, 0.29) is 5.78 Å². The molecular weight excluding hydrogens is 314 g/mol. The summed E-state index contributed by atoms with van der Waals surface area (Å²) in [6.07, 6.45) is 0. The van der Waals surface area contributed by atoms with Gasteiger partial charge in [0.25, 0.3) is 0 Å². The van der Waals surface area contributed by atoms with Crippen molar-refractivity contribution in [3.8, 4) is 0 Å². The second-order valence-corrected chi connectivity index (χ2v) is 5.61. The van der Waals surface area contributed by atoms with Gasteiger partial charge in [-0.1, -0.05) is 22.0 Å². The molecule has 0 aliphatic rings. The fourth-order valence-electron chi connectivity index (χ4n) is 2.14. The largest absolute Gasteiger partial charge is 0.289 e. The number of fused-ring (bicyclic) bond motifs is 1. The molecule has 0 saturated heterocycles. The molecule has 1 heterocycles. The Bertz CT molecular complexity index is 794. The first-order valence-electron chi connectivity index (χ1n) is 6.31. The quantitative estimate of drug-likeness (QED) is 0.647. The zero-order chi connectivity index (χ0) is 14.1. The molecule has 2 aromatic carbocycles. The smallest absolute Gasteiger partial charge is 0.193 e. The van der Waals surface area contributed by atoms with Crippen LogP contribution in [0.15, 0.2) is 59.1 Å². The van der Waals surface area contributed by atoms with E-state index < -0.39 is 0 Å². The predicted molar refractivity (Wildman–Crippen MR) is 84.1 cm³/mol. The Hall–Kier alpha value is -2.00. The molecule has 2 nitrogen and oxygen atoms in total. The number of carbonyl (C=O) groups excluding carboxylic acids is 1. The van der Waals surface area contributed by atoms with Crippen LogP contribution in [0.4, 0.5) is 0 Å². The second-order valence-electron chi connectivity index (χ2n) is 4.70. The molecule has 0 spiro atoms. The van der Waals surface area contributed by atoms with Crippen molar-refractivity contribution >= 4 is 32.6 Å². The van der Waals surface area contributed by atoms with Gasteiger partial charge in [-0.3, -0.25) is 9.78 Å². The van der Waals surface area contributed by atoms with Crippen molar-refractivity contribution in [1.82, 2.24) is 4.98 Å². The fourth-order valence-corrected chi connectivity index (χ4v) is 2.40. The Morgan fingerprint density at radius 1 is 0.950 bits per heavy atom. The summed E-state index contributed by atoms with van der Waals surface area (Å²) >= 11 is 3.37. The Morgan fingerprint density at radius 3 is 2.40 bits per heavy atom. The maximum Gasteiger partial charge on any atom is 0.193 e. The first-order chi connectivity index (χ1) is 9.63. The third-order valence-corrected chi connectivity index (χ3v) is 3.73. The highest BCUT2D eigenvalue weighted by Gasteiger charge is 2.09. The summed E-state index contributed by atoms with van der Waals surface area (Å²) in [5.41, 5.74) is 3.26. The van der Waals surface area contributed by atoms with E-state index in [1.807, 2.05) is 61.5 Å². The number of hydrogen-bond acceptors (Lipinski definition) is 2. The van der Waals surface area contributed by atoms with E-state index in [1.54, 1.807) is 0 Å². The molecule has 3 heteroatoms. The molecule has 3 rings (SSSR count). The van der Waals surface area contributed by atoms with E-state index in [0.717, 1.165) is 21.1 Å². The molecule has 0 amide bonds. The molecule has 0 saturated carbocycles. The zero-order valence-electron chi connectivity index (χ0n) is 10.9. The Balaban J connectivity index is 2.03. The lowest BCUT2D eigenvalue weighted by molar-refractivity contribution is 0.103. The predicted octanol–water partition coefficient (Wildman–Crippen LogP) is 4.54. The molecule has 1 aromatic heterocycles. The van der Waals surface area contributed by atoms with Crippen LogP contribution in [0, 0.1) is 6.92 Å². The van der Waals surface area contributed by atoms with E-state index >= 15 is 0 Å². The number of hydrogen-bond donors (Lipinski definition) is 0.